The van der Waals surface area contributed by atoms with E-state index in [-0.39, 0.29) is 11.3 Å². The Morgan fingerprint density at radius 1 is 1.50 bits per heavy atom. The highest BCUT2D eigenvalue weighted by molar-refractivity contribution is 5.76. The van der Waals surface area contributed by atoms with Gasteiger partial charge in [-0.3, -0.25) is 4.79 Å². The van der Waals surface area contributed by atoms with Crippen molar-refractivity contribution in [3.05, 3.63) is 34.0 Å². The SMILES string of the molecule is CCc1nc2cc(F)c(OC)cc2[nH]c1=O. The van der Waals surface area contributed by atoms with E-state index in [2.05, 4.69) is 9.97 Å². The fourth-order valence-corrected chi connectivity index (χ4v) is 1.52. The van der Waals surface area contributed by atoms with E-state index in [1.54, 1.807) is 0 Å². The molecule has 0 saturated carbocycles. The van der Waals surface area contributed by atoms with Crippen LogP contribution in [0.15, 0.2) is 16.9 Å². The number of nitrogens with zero attached hydrogens (tertiary/aromatic N) is 1. The summed E-state index contributed by atoms with van der Waals surface area (Å²) in [5.41, 5.74) is 1.05. The van der Waals surface area contributed by atoms with Crippen molar-refractivity contribution in [1.29, 1.82) is 0 Å². The zero-order valence-corrected chi connectivity index (χ0v) is 9.00. The fourth-order valence-electron chi connectivity index (χ4n) is 1.52. The Morgan fingerprint density at radius 2 is 2.25 bits per heavy atom. The maximum atomic E-state index is 13.4. The van der Waals surface area contributed by atoms with Crippen LogP contribution in [0.2, 0.25) is 0 Å². The Kier molecular flexibility index (Phi) is 2.60. The van der Waals surface area contributed by atoms with Crippen LogP contribution in [0.4, 0.5) is 4.39 Å². The van der Waals surface area contributed by atoms with Crippen LogP contribution in [0.5, 0.6) is 5.75 Å². The minimum Gasteiger partial charge on any atom is -0.494 e. The molecule has 5 heteroatoms. The van der Waals surface area contributed by atoms with E-state index in [4.69, 9.17) is 4.74 Å². The smallest absolute Gasteiger partial charge is 0.270 e. The Labute approximate surface area is 91.1 Å². The van der Waals surface area contributed by atoms with Crippen LogP contribution in [0.1, 0.15) is 12.6 Å². The lowest BCUT2D eigenvalue weighted by molar-refractivity contribution is 0.387. The molecule has 0 bridgehead atoms. The lowest BCUT2D eigenvalue weighted by atomic mass is 10.2. The van der Waals surface area contributed by atoms with Crippen molar-refractivity contribution >= 4 is 11.0 Å². The number of hydrogen-bond donors (Lipinski definition) is 1. The molecule has 16 heavy (non-hydrogen) atoms. The van der Waals surface area contributed by atoms with Gasteiger partial charge in [0.25, 0.3) is 5.56 Å². The topological polar surface area (TPSA) is 55.0 Å². The molecule has 0 amide bonds. The van der Waals surface area contributed by atoms with Crippen molar-refractivity contribution in [2.75, 3.05) is 7.11 Å². The molecule has 0 fully saturated rings. The molecule has 0 spiro atoms. The number of ether oxygens (including phenoxy) is 1. The second-order valence-electron chi connectivity index (χ2n) is 3.37. The predicted molar refractivity (Wildman–Crippen MR) is 58.3 cm³/mol. The van der Waals surface area contributed by atoms with E-state index >= 15 is 0 Å². The first kappa shape index (κ1) is 10.6. The number of rotatable bonds is 2. The number of methoxy groups -OCH3 is 1. The van der Waals surface area contributed by atoms with Gasteiger partial charge in [-0.15, -0.1) is 0 Å². The monoisotopic (exact) mass is 222 g/mol. The number of benzene rings is 1. The summed E-state index contributed by atoms with van der Waals surface area (Å²) < 4.78 is 18.2. The van der Waals surface area contributed by atoms with Crippen molar-refractivity contribution in [3.8, 4) is 5.75 Å². The lowest BCUT2D eigenvalue weighted by Crippen LogP contribution is -2.14. The lowest BCUT2D eigenvalue weighted by Gasteiger charge is -2.04. The minimum absolute atomic E-state index is 0.0919. The zero-order chi connectivity index (χ0) is 11.7. The van der Waals surface area contributed by atoms with Gasteiger partial charge in [-0.1, -0.05) is 6.92 Å². The maximum absolute atomic E-state index is 13.4. The third kappa shape index (κ3) is 1.64. The summed E-state index contributed by atoms with van der Waals surface area (Å²) in [7, 11) is 1.37. The molecule has 1 N–H and O–H groups in total. The van der Waals surface area contributed by atoms with Gasteiger partial charge in [0.15, 0.2) is 11.6 Å². The molecule has 0 saturated heterocycles. The Balaban J connectivity index is 2.76. The standard InChI is InChI=1S/C11H11FN2O2/c1-3-7-11(15)14-9-5-10(16-2)6(12)4-8(9)13-7/h4-5H,3H2,1-2H3,(H,14,15). The molecule has 2 aromatic rings. The normalized spacial score (nSPS) is 10.7. The van der Waals surface area contributed by atoms with Gasteiger partial charge >= 0.3 is 0 Å². The summed E-state index contributed by atoms with van der Waals surface area (Å²) >= 11 is 0. The fraction of sp³-hybridized carbons (Fsp3) is 0.273. The number of fused-ring (bicyclic) bond motifs is 1. The number of hydrogen-bond acceptors (Lipinski definition) is 3. The summed E-state index contributed by atoms with van der Waals surface area (Å²) in [6.07, 6.45) is 0.513. The number of aryl methyl sites for hydroxylation is 1. The molecule has 1 aromatic heterocycles. The van der Waals surface area contributed by atoms with Crippen molar-refractivity contribution < 1.29 is 9.13 Å². The molecule has 1 aromatic carbocycles. The van der Waals surface area contributed by atoms with Gasteiger partial charge in [0.2, 0.25) is 0 Å². The quantitative estimate of drug-likeness (QED) is 0.840. The second kappa shape index (κ2) is 3.92. The van der Waals surface area contributed by atoms with Gasteiger partial charge in [0, 0.05) is 12.1 Å². The van der Waals surface area contributed by atoms with Crippen molar-refractivity contribution in [2.24, 2.45) is 0 Å². The molecule has 2 rings (SSSR count). The number of halogens is 1. The van der Waals surface area contributed by atoms with Crippen LogP contribution < -0.4 is 10.3 Å². The highest BCUT2D eigenvalue weighted by Gasteiger charge is 2.08. The highest BCUT2D eigenvalue weighted by Crippen LogP contribution is 2.21. The highest BCUT2D eigenvalue weighted by atomic mass is 19.1. The number of aromatic nitrogens is 2. The molecular weight excluding hydrogens is 211 g/mol. The van der Waals surface area contributed by atoms with Crippen molar-refractivity contribution in [2.45, 2.75) is 13.3 Å². The second-order valence-corrected chi connectivity index (χ2v) is 3.37. The summed E-state index contributed by atoms with van der Waals surface area (Å²) in [4.78, 5) is 18.2. The average Bonchev–Trinajstić information content (AvgIpc) is 2.28. The Morgan fingerprint density at radius 3 is 2.88 bits per heavy atom. The third-order valence-electron chi connectivity index (χ3n) is 2.37. The summed E-state index contributed by atoms with van der Waals surface area (Å²) in [5.74, 6) is -0.397. The molecule has 84 valence electrons. The molecule has 4 nitrogen and oxygen atoms in total. The predicted octanol–water partition coefficient (Wildman–Crippen LogP) is 1.63. The Hall–Kier alpha value is -1.91. The first-order valence-electron chi connectivity index (χ1n) is 4.92. The molecule has 0 aliphatic carbocycles. The van der Waals surface area contributed by atoms with Crippen LogP contribution in [0.3, 0.4) is 0 Å². The molecule has 0 unspecified atom stereocenters. The first-order chi connectivity index (χ1) is 7.65. The van der Waals surface area contributed by atoms with Crippen LogP contribution in [-0.2, 0) is 6.42 Å². The average molecular weight is 222 g/mol. The zero-order valence-electron chi connectivity index (χ0n) is 9.00. The van der Waals surface area contributed by atoms with Gasteiger partial charge in [0.1, 0.15) is 5.69 Å². The molecular formula is C11H11FN2O2. The van der Waals surface area contributed by atoms with E-state index in [9.17, 15) is 9.18 Å². The van der Waals surface area contributed by atoms with Gasteiger partial charge in [-0.25, -0.2) is 9.37 Å². The maximum Gasteiger partial charge on any atom is 0.270 e. The van der Waals surface area contributed by atoms with Gasteiger partial charge in [0.05, 0.1) is 18.1 Å². The Bertz CT molecular complexity index is 592. The van der Waals surface area contributed by atoms with Gasteiger partial charge in [-0.05, 0) is 6.42 Å². The van der Waals surface area contributed by atoms with Crippen molar-refractivity contribution in [3.63, 3.8) is 0 Å². The number of H-pyrrole nitrogens is 1. The van der Waals surface area contributed by atoms with E-state index < -0.39 is 5.82 Å². The molecule has 0 radical (unpaired) electrons. The molecule has 0 aliphatic rings. The minimum atomic E-state index is -0.489. The molecule has 1 heterocycles. The van der Waals surface area contributed by atoms with E-state index in [0.717, 1.165) is 0 Å². The molecule has 0 atom stereocenters. The molecule has 0 aliphatic heterocycles. The van der Waals surface area contributed by atoms with Gasteiger partial charge < -0.3 is 9.72 Å². The summed E-state index contributed by atoms with van der Waals surface area (Å²) in [5, 5.41) is 0. The third-order valence-corrected chi connectivity index (χ3v) is 2.37. The van der Waals surface area contributed by atoms with Crippen LogP contribution in [0, 0.1) is 5.82 Å². The largest absolute Gasteiger partial charge is 0.494 e. The van der Waals surface area contributed by atoms with Gasteiger partial charge in [-0.2, -0.15) is 0 Å². The van der Waals surface area contributed by atoms with E-state index in [1.807, 2.05) is 6.92 Å². The number of nitrogens with one attached hydrogen (secondary N) is 1. The van der Waals surface area contributed by atoms with E-state index in [0.29, 0.717) is 23.1 Å². The first-order valence-corrected chi connectivity index (χ1v) is 4.92. The summed E-state index contributed by atoms with van der Waals surface area (Å²) in [6.45, 7) is 1.82. The summed E-state index contributed by atoms with van der Waals surface area (Å²) in [6, 6.07) is 2.68. The van der Waals surface area contributed by atoms with Crippen LogP contribution in [0.25, 0.3) is 11.0 Å². The van der Waals surface area contributed by atoms with Crippen LogP contribution >= 0.6 is 0 Å². The van der Waals surface area contributed by atoms with Crippen LogP contribution in [-0.4, -0.2) is 17.1 Å². The van der Waals surface area contributed by atoms with E-state index in [1.165, 1.54) is 19.2 Å². The number of aromatic amines is 1. The van der Waals surface area contributed by atoms with Crippen molar-refractivity contribution in [1.82, 2.24) is 9.97 Å².